The second-order valence-electron chi connectivity index (χ2n) is 7.20. The number of hydrogen-bond donors (Lipinski definition) is 1. The van der Waals surface area contributed by atoms with Gasteiger partial charge in [0.2, 0.25) is 0 Å². The van der Waals surface area contributed by atoms with E-state index < -0.39 is 16.6 Å². The average Bonchev–Trinajstić information content (AvgIpc) is 3.22. The van der Waals surface area contributed by atoms with E-state index in [4.69, 9.17) is 14.7 Å². The Hall–Kier alpha value is -3.48. The molecule has 0 saturated carbocycles. The van der Waals surface area contributed by atoms with Crippen LogP contribution in [0.5, 0.6) is 0 Å². The summed E-state index contributed by atoms with van der Waals surface area (Å²) in [6, 6.07) is 12.9. The summed E-state index contributed by atoms with van der Waals surface area (Å²) in [5.74, 6) is -1.05. The lowest BCUT2D eigenvalue weighted by atomic mass is 10.0. The molecule has 1 spiro atoms. The predicted molar refractivity (Wildman–Crippen MR) is 108 cm³/mol. The number of nitrogens with one attached hydrogen (secondary N) is 1. The van der Waals surface area contributed by atoms with Crippen molar-refractivity contribution in [2.24, 2.45) is 0 Å². The lowest BCUT2D eigenvalue weighted by Crippen LogP contribution is -2.45. The average molecular weight is 408 g/mol. The van der Waals surface area contributed by atoms with Gasteiger partial charge in [-0.3, -0.25) is 14.9 Å². The number of carbonyl (C=O) groups excluding carboxylic acids is 1. The molecule has 154 valence electrons. The molecule has 0 atom stereocenters. The number of rotatable bonds is 4. The lowest BCUT2D eigenvalue weighted by Gasteiger charge is -2.38. The highest BCUT2D eigenvalue weighted by Crippen LogP contribution is 2.36. The zero-order valence-corrected chi connectivity index (χ0v) is 16.2. The van der Waals surface area contributed by atoms with Crippen molar-refractivity contribution in [2.45, 2.75) is 18.6 Å². The standard InChI is InChI=1S/C21H20N4O5/c22-14-15-2-1-3-17(12-15)23-20(26)16-4-5-18(19(13-16)25(27)28)24-8-6-21(7-9-24)29-10-11-30-21/h1-5,12-13H,6-11H2,(H,23,26). The third kappa shape index (κ3) is 3.96. The highest BCUT2D eigenvalue weighted by molar-refractivity contribution is 6.05. The van der Waals surface area contributed by atoms with Gasteiger partial charge in [0.15, 0.2) is 5.79 Å². The fourth-order valence-electron chi connectivity index (χ4n) is 3.82. The highest BCUT2D eigenvalue weighted by Gasteiger charge is 2.40. The first kappa shape index (κ1) is 19.8. The van der Waals surface area contributed by atoms with Crippen molar-refractivity contribution in [3.63, 3.8) is 0 Å². The Balaban J connectivity index is 1.52. The first-order valence-corrected chi connectivity index (χ1v) is 9.62. The predicted octanol–water partition coefficient (Wildman–Crippen LogP) is 3.06. The number of carbonyl (C=O) groups is 1. The number of nitro groups is 1. The molecule has 2 aliphatic heterocycles. The first-order valence-electron chi connectivity index (χ1n) is 9.62. The Morgan fingerprint density at radius 1 is 1.17 bits per heavy atom. The van der Waals surface area contributed by atoms with E-state index in [9.17, 15) is 14.9 Å². The summed E-state index contributed by atoms with van der Waals surface area (Å²) >= 11 is 0. The fraction of sp³-hybridized carbons (Fsp3) is 0.333. The maximum Gasteiger partial charge on any atom is 0.293 e. The van der Waals surface area contributed by atoms with Crippen molar-refractivity contribution in [3.05, 3.63) is 63.7 Å². The molecule has 2 aromatic carbocycles. The number of nitriles is 1. The summed E-state index contributed by atoms with van der Waals surface area (Å²) in [6.07, 6.45) is 1.25. The van der Waals surface area contributed by atoms with Gasteiger partial charge in [0, 0.05) is 43.2 Å². The smallest absolute Gasteiger partial charge is 0.293 e. The Bertz CT molecular complexity index is 1020. The van der Waals surface area contributed by atoms with E-state index in [0.717, 1.165) is 0 Å². The zero-order chi connectivity index (χ0) is 21.1. The molecule has 9 heteroatoms. The molecule has 2 aliphatic rings. The maximum atomic E-state index is 12.6. The molecule has 1 amide bonds. The van der Waals surface area contributed by atoms with Crippen LogP contribution in [0.3, 0.4) is 0 Å². The van der Waals surface area contributed by atoms with Crippen LogP contribution in [0.25, 0.3) is 0 Å². The molecule has 0 bridgehead atoms. The maximum absolute atomic E-state index is 12.6. The molecule has 30 heavy (non-hydrogen) atoms. The van der Waals surface area contributed by atoms with Gasteiger partial charge in [0.25, 0.3) is 11.6 Å². The van der Waals surface area contributed by atoms with Crippen LogP contribution in [0.4, 0.5) is 17.1 Å². The summed E-state index contributed by atoms with van der Waals surface area (Å²) in [6.45, 7) is 2.27. The molecule has 0 radical (unpaired) electrons. The zero-order valence-electron chi connectivity index (χ0n) is 16.2. The van der Waals surface area contributed by atoms with Crippen molar-refractivity contribution < 1.29 is 19.2 Å². The van der Waals surface area contributed by atoms with Crippen molar-refractivity contribution in [1.29, 1.82) is 5.26 Å². The van der Waals surface area contributed by atoms with Crippen LogP contribution in [-0.4, -0.2) is 42.9 Å². The molecule has 2 fully saturated rings. The summed E-state index contributed by atoms with van der Waals surface area (Å²) in [5, 5.41) is 23.3. The molecule has 0 unspecified atom stereocenters. The summed E-state index contributed by atoms with van der Waals surface area (Å²) < 4.78 is 11.4. The van der Waals surface area contributed by atoms with E-state index in [0.29, 0.717) is 56.1 Å². The molecular weight excluding hydrogens is 388 g/mol. The molecule has 2 saturated heterocycles. The SMILES string of the molecule is N#Cc1cccc(NC(=O)c2ccc(N3CCC4(CC3)OCCO4)c([N+](=O)[O-])c2)c1. The molecular formula is C21H20N4O5. The van der Waals surface area contributed by atoms with E-state index in [-0.39, 0.29) is 11.3 Å². The molecule has 2 aromatic rings. The minimum atomic E-state index is -0.566. The Morgan fingerprint density at radius 2 is 1.90 bits per heavy atom. The van der Waals surface area contributed by atoms with Gasteiger partial charge < -0.3 is 19.7 Å². The van der Waals surface area contributed by atoms with Gasteiger partial charge in [-0.1, -0.05) is 6.07 Å². The van der Waals surface area contributed by atoms with Crippen LogP contribution >= 0.6 is 0 Å². The van der Waals surface area contributed by atoms with Crippen molar-refractivity contribution >= 4 is 23.0 Å². The van der Waals surface area contributed by atoms with E-state index in [1.165, 1.54) is 12.1 Å². The summed E-state index contributed by atoms with van der Waals surface area (Å²) in [5.41, 5.74) is 1.37. The topological polar surface area (TPSA) is 118 Å². The van der Waals surface area contributed by atoms with Crippen LogP contribution in [0.2, 0.25) is 0 Å². The number of nitrogens with zero attached hydrogens (tertiary/aromatic N) is 3. The number of nitro benzene ring substituents is 1. The van der Waals surface area contributed by atoms with Crippen LogP contribution < -0.4 is 10.2 Å². The van der Waals surface area contributed by atoms with Crippen molar-refractivity contribution in [3.8, 4) is 6.07 Å². The Morgan fingerprint density at radius 3 is 2.57 bits per heavy atom. The Labute approximate surface area is 173 Å². The molecule has 0 aliphatic carbocycles. The summed E-state index contributed by atoms with van der Waals surface area (Å²) in [4.78, 5) is 25.7. The molecule has 1 N–H and O–H groups in total. The van der Waals surface area contributed by atoms with Gasteiger partial charge in [-0.05, 0) is 30.3 Å². The number of piperidine rings is 1. The van der Waals surface area contributed by atoms with E-state index in [1.807, 2.05) is 11.0 Å². The first-order chi connectivity index (χ1) is 14.5. The Kier molecular flexibility index (Phi) is 5.35. The quantitative estimate of drug-likeness (QED) is 0.610. The molecule has 9 nitrogen and oxygen atoms in total. The van der Waals surface area contributed by atoms with Crippen LogP contribution in [-0.2, 0) is 9.47 Å². The third-order valence-electron chi connectivity index (χ3n) is 5.36. The number of benzene rings is 2. The van der Waals surface area contributed by atoms with Crippen LogP contribution in [0, 0.1) is 21.4 Å². The van der Waals surface area contributed by atoms with E-state index >= 15 is 0 Å². The van der Waals surface area contributed by atoms with Gasteiger partial charge in [-0.15, -0.1) is 0 Å². The fourth-order valence-corrected chi connectivity index (χ4v) is 3.82. The van der Waals surface area contributed by atoms with Gasteiger partial charge in [0.05, 0.1) is 29.8 Å². The highest BCUT2D eigenvalue weighted by atomic mass is 16.7. The summed E-state index contributed by atoms with van der Waals surface area (Å²) in [7, 11) is 0. The third-order valence-corrected chi connectivity index (χ3v) is 5.36. The minimum Gasteiger partial charge on any atom is -0.366 e. The van der Waals surface area contributed by atoms with Crippen molar-refractivity contribution in [1.82, 2.24) is 0 Å². The number of amides is 1. The minimum absolute atomic E-state index is 0.127. The molecule has 4 rings (SSSR count). The van der Waals surface area contributed by atoms with E-state index in [2.05, 4.69) is 5.32 Å². The molecule has 2 heterocycles. The van der Waals surface area contributed by atoms with Gasteiger partial charge >= 0.3 is 0 Å². The van der Waals surface area contributed by atoms with E-state index in [1.54, 1.807) is 30.3 Å². The number of hydrogen-bond acceptors (Lipinski definition) is 7. The largest absolute Gasteiger partial charge is 0.366 e. The molecule has 0 aromatic heterocycles. The monoisotopic (exact) mass is 408 g/mol. The number of ether oxygens (including phenoxy) is 2. The van der Waals surface area contributed by atoms with Crippen molar-refractivity contribution in [2.75, 3.05) is 36.5 Å². The van der Waals surface area contributed by atoms with Crippen LogP contribution in [0.15, 0.2) is 42.5 Å². The lowest BCUT2D eigenvalue weighted by molar-refractivity contribution is -0.384. The number of anilines is 2. The van der Waals surface area contributed by atoms with Gasteiger partial charge in [0.1, 0.15) is 5.69 Å². The van der Waals surface area contributed by atoms with Crippen LogP contribution in [0.1, 0.15) is 28.8 Å². The second kappa shape index (κ2) is 8.10. The van der Waals surface area contributed by atoms with Gasteiger partial charge in [-0.25, -0.2) is 0 Å². The second-order valence-corrected chi connectivity index (χ2v) is 7.20. The van der Waals surface area contributed by atoms with Gasteiger partial charge in [-0.2, -0.15) is 5.26 Å². The normalized spacial score (nSPS) is 17.5.